The number of fused-ring (bicyclic) bond motifs is 1. The molecular weight excluding hydrogens is 280 g/mol. The number of amides is 3. The lowest BCUT2D eigenvalue weighted by atomic mass is 9.90. The lowest BCUT2D eigenvalue weighted by Crippen LogP contribution is -2.56. The molecule has 1 N–H and O–H groups in total. The standard InChI is InChI=1S/C17H18N2O3/c1-9-5-10(2)12-8-19(15(21)11(12)6-9)13-7-17(3-4-17)16(22)18-14(13)20/h5-6,13H,3-4,7-8H2,1-2H3,(H,18,20,22). The van der Waals surface area contributed by atoms with Gasteiger partial charge in [-0.3, -0.25) is 19.7 Å². The van der Waals surface area contributed by atoms with E-state index in [0.29, 0.717) is 18.5 Å². The number of hydrogen-bond acceptors (Lipinski definition) is 3. The fourth-order valence-corrected chi connectivity index (χ4v) is 3.76. The van der Waals surface area contributed by atoms with Crippen molar-refractivity contribution in [1.82, 2.24) is 10.2 Å². The Morgan fingerprint density at radius 3 is 2.59 bits per heavy atom. The minimum atomic E-state index is -0.528. The molecule has 4 rings (SSSR count). The summed E-state index contributed by atoms with van der Waals surface area (Å²) < 4.78 is 0. The molecule has 3 amide bonds. The molecule has 1 unspecified atom stereocenters. The number of piperidine rings is 1. The number of rotatable bonds is 1. The molecule has 1 atom stereocenters. The van der Waals surface area contributed by atoms with Crippen LogP contribution in [0.3, 0.4) is 0 Å². The third-order valence-electron chi connectivity index (χ3n) is 5.27. The number of carbonyl (C=O) groups excluding carboxylic acids is 3. The van der Waals surface area contributed by atoms with Gasteiger partial charge in [-0.2, -0.15) is 0 Å². The van der Waals surface area contributed by atoms with Gasteiger partial charge in [0.25, 0.3) is 5.91 Å². The van der Waals surface area contributed by atoms with E-state index >= 15 is 0 Å². The molecular formula is C17H18N2O3. The van der Waals surface area contributed by atoms with Gasteiger partial charge in [-0.25, -0.2) is 0 Å². The van der Waals surface area contributed by atoms with E-state index in [1.807, 2.05) is 19.9 Å². The number of aryl methyl sites for hydroxylation is 2. The molecule has 1 aromatic rings. The first-order valence-corrected chi connectivity index (χ1v) is 7.68. The molecule has 0 bridgehead atoms. The van der Waals surface area contributed by atoms with Crippen molar-refractivity contribution in [2.45, 2.75) is 45.7 Å². The second-order valence-electron chi connectivity index (χ2n) is 6.86. The average Bonchev–Trinajstić information content (AvgIpc) is 3.15. The van der Waals surface area contributed by atoms with Crippen molar-refractivity contribution >= 4 is 17.7 Å². The van der Waals surface area contributed by atoms with Crippen molar-refractivity contribution in [2.24, 2.45) is 5.41 Å². The SMILES string of the molecule is Cc1cc(C)c2c(c1)C(=O)N(C1CC3(CC3)C(=O)NC1=O)C2. The summed E-state index contributed by atoms with van der Waals surface area (Å²) in [6.07, 6.45) is 2.10. The predicted octanol–water partition coefficient (Wildman–Crippen LogP) is 1.45. The van der Waals surface area contributed by atoms with Crippen LogP contribution >= 0.6 is 0 Å². The van der Waals surface area contributed by atoms with Crippen LogP contribution in [-0.4, -0.2) is 28.7 Å². The fourth-order valence-electron chi connectivity index (χ4n) is 3.76. The van der Waals surface area contributed by atoms with Crippen molar-refractivity contribution in [2.75, 3.05) is 0 Å². The van der Waals surface area contributed by atoms with Crippen LogP contribution in [0.1, 0.15) is 46.3 Å². The van der Waals surface area contributed by atoms with Crippen LogP contribution in [-0.2, 0) is 16.1 Å². The Kier molecular flexibility index (Phi) is 2.56. The van der Waals surface area contributed by atoms with E-state index in [4.69, 9.17) is 0 Å². The number of hydrogen-bond donors (Lipinski definition) is 1. The molecule has 1 saturated heterocycles. The molecule has 2 aliphatic heterocycles. The molecule has 3 aliphatic rings. The second kappa shape index (κ2) is 4.18. The molecule has 114 valence electrons. The zero-order chi connectivity index (χ0) is 15.6. The minimum Gasteiger partial charge on any atom is -0.322 e. The summed E-state index contributed by atoms with van der Waals surface area (Å²) in [7, 11) is 0. The maximum atomic E-state index is 12.7. The van der Waals surface area contributed by atoms with Crippen LogP contribution in [0, 0.1) is 19.3 Å². The molecule has 1 aromatic carbocycles. The van der Waals surface area contributed by atoms with E-state index in [9.17, 15) is 14.4 Å². The van der Waals surface area contributed by atoms with Gasteiger partial charge in [-0.1, -0.05) is 11.6 Å². The molecule has 2 heterocycles. The highest BCUT2D eigenvalue weighted by Crippen LogP contribution is 2.52. The Morgan fingerprint density at radius 1 is 1.18 bits per heavy atom. The summed E-state index contributed by atoms with van der Waals surface area (Å²) in [6, 6.07) is 3.42. The molecule has 1 spiro atoms. The number of nitrogens with one attached hydrogen (secondary N) is 1. The number of benzene rings is 1. The maximum Gasteiger partial charge on any atom is 0.255 e. The van der Waals surface area contributed by atoms with Crippen LogP contribution < -0.4 is 5.32 Å². The van der Waals surface area contributed by atoms with E-state index in [0.717, 1.165) is 29.5 Å². The van der Waals surface area contributed by atoms with E-state index < -0.39 is 11.5 Å². The lowest BCUT2D eigenvalue weighted by molar-refractivity contribution is -0.141. The van der Waals surface area contributed by atoms with E-state index in [-0.39, 0.29) is 17.7 Å². The van der Waals surface area contributed by atoms with Gasteiger partial charge < -0.3 is 4.90 Å². The Balaban J connectivity index is 1.68. The van der Waals surface area contributed by atoms with Gasteiger partial charge in [0.05, 0.1) is 5.41 Å². The first kappa shape index (κ1) is 13.5. The number of carbonyl (C=O) groups is 3. The van der Waals surface area contributed by atoms with E-state index in [1.165, 1.54) is 0 Å². The highest BCUT2D eigenvalue weighted by molar-refractivity contribution is 6.07. The molecule has 22 heavy (non-hydrogen) atoms. The Morgan fingerprint density at radius 2 is 1.91 bits per heavy atom. The molecule has 2 fully saturated rings. The number of nitrogens with zero attached hydrogens (tertiary/aromatic N) is 1. The van der Waals surface area contributed by atoms with Crippen molar-refractivity contribution in [3.05, 3.63) is 34.4 Å². The fraction of sp³-hybridized carbons (Fsp3) is 0.471. The zero-order valence-corrected chi connectivity index (χ0v) is 12.7. The van der Waals surface area contributed by atoms with Gasteiger partial charge in [0, 0.05) is 12.1 Å². The maximum absolute atomic E-state index is 12.7. The van der Waals surface area contributed by atoms with Gasteiger partial charge >= 0.3 is 0 Å². The summed E-state index contributed by atoms with van der Waals surface area (Å²) in [5.74, 6) is -0.588. The van der Waals surface area contributed by atoms with Gasteiger partial charge in [-0.05, 0) is 50.3 Å². The third kappa shape index (κ3) is 1.74. The first-order chi connectivity index (χ1) is 10.4. The van der Waals surface area contributed by atoms with Crippen LogP contribution in [0.2, 0.25) is 0 Å². The number of imide groups is 1. The van der Waals surface area contributed by atoms with E-state index in [2.05, 4.69) is 11.4 Å². The Labute approximate surface area is 128 Å². The first-order valence-electron chi connectivity index (χ1n) is 7.68. The van der Waals surface area contributed by atoms with Crippen LogP contribution in [0.5, 0.6) is 0 Å². The largest absolute Gasteiger partial charge is 0.322 e. The molecule has 0 radical (unpaired) electrons. The molecule has 1 saturated carbocycles. The summed E-state index contributed by atoms with van der Waals surface area (Å²) >= 11 is 0. The van der Waals surface area contributed by atoms with Crippen molar-refractivity contribution in [1.29, 1.82) is 0 Å². The van der Waals surface area contributed by atoms with Crippen LogP contribution in [0.25, 0.3) is 0 Å². The lowest BCUT2D eigenvalue weighted by Gasteiger charge is -2.33. The van der Waals surface area contributed by atoms with Crippen LogP contribution in [0.15, 0.2) is 12.1 Å². The average molecular weight is 298 g/mol. The topological polar surface area (TPSA) is 66.5 Å². The van der Waals surface area contributed by atoms with Crippen molar-refractivity contribution in [3.63, 3.8) is 0 Å². The van der Waals surface area contributed by atoms with Crippen molar-refractivity contribution < 1.29 is 14.4 Å². The van der Waals surface area contributed by atoms with E-state index in [1.54, 1.807) is 4.90 Å². The summed E-state index contributed by atoms with van der Waals surface area (Å²) in [5, 5.41) is 2.46. The Hall–Kier alpha value is -2.17. The van der Waals surface area contributed by atoms with Gasteiger partial charge in [-0.15, -0.1) is 0 Å². The van der Waals surface area contributed by atoms with Crippen molar-refractivity contribution in [3.8, 4) is 0 Å². The molecule has 0 aromatic heterocycles. The highest BCUT2D eigenvalue weighted by Gasteiger charge is 2.57. The van der Waals surface area contributed by atoms with Crippen LogP contribution in [0.4, 0.5) is 0 Å². The summed E-state index contributed by atoms with van der Waals surface area (Å²) in [5.41, 5.74) is 3.43. The highest BCUT2D eigenvalue weighted by atomic mass is 16.2. The smallest absolute Gasteiger partial charge is 0.255 e. The minimum absolute atomic E-state index is 0.0906. The second-order valence-corrected chi connectivity index (χ2v) is 6.86. The Bertz CT molecular complexity index is 734. The monoisotopic (exact) mass is 298 g/mol. The van der Waals surface area contributed by atoms with Gasteiger partial charge in [0.1, 0.15) is 6.04 Å². The molecule has 1 aliphatic carbocycles. The van der Waals surface area contributed by atoms with Gasteiger partial charge in [0.15, 0.2) is 0 Å². The quantitative estimate of drug-likeness (QED) is 0.798. The summed E-state index contributed by atoms with van der Waals surface area (Å²) in [4.78, 5) is 38.5. The summed E-state index contributed by atoms with van der Waals surface area (Å²) in [6.45, 7) is 4.42. The molecule has 5 heteroatoms. The van der Waals surface area contributed by atoms with Gasteiger partial charge in [0.2, 0.25) is 11.8 Å². The predicted molar refractivity (Wildman–Crippen MR) is 79.0 cm³/mol. The molecule has 5 nitrogen and oxygen atoms in total. The zero-order valence-electron chi connectivity index (χ0n) is 12.7. The normalized spacial score (nSPS) is 25.5. The third-order valence-corrected chi connectivity index (χ3v) is 5.27.